The molecule has 0 aliphatic heterocycles. The number of aliphatic carboxylic acids is 1. The molecule has 2 aromatic rings. The molecule has 0 saturated heterocycles. The summed E-state index contributed by atoms with van der Waals surface area (Å²) in [5.74, 6) is -3.07. The quantitative estimate of drug-likeness (QED) is 0.0968. The van der Waals surface area contributed by atoms with Crippen molar-refractivity contribution in [1.29, 1.82) is 0 Å². The first-order valence-corrected chi connectivity index (χ1v) is 14.8. The van der Waals surface area contributed by atoms with E-state index in [2.05, 4.69) is 21.3 Å². The maximum atomic E-state index is 13.6. The summed E-state index contributed by atoms with van der Waals surface area (Å²) in [6, 6.07) is 13.4. The van der Waals surface area contributed by atoms with E-state index in [1.165, 1.54) is 0 Å². The minimum atomic E-state index is -1.20. The van der Waals surface area contributed by atoms with Crippen LogP contribution >= 0.6 is 0 Å². The number of primary amides is 1. The number of carboxylic acids is 1. The molecule has 13 nitrogen and oxygen atoms in total. The average Bonchev–Trinajstić information content (AvgIpc) is 3.01. The first-order valence-electron chi connectivity index (χ1n) is 14.8. The summed E-state index contributed by atoms with van der Waals surface area (Å²) >= 11 is 0. The van der Waals surface area contributed by atoms with Crippen LogP contribution in [0.25, 0.3) is 0 Å². The maximum Gasteiger partial charge on any atom is 0.326 e. The van der Waals surface area contributed by atoms with Gasteiger partial charge >= 0.3 is 12.0 Å². The number of urea groups is 1. The van der Waals surface area contributed by atoms with Crippen LogP contribution in [0, 0.1) is 0 Å². The topological polar surface area (TPSA) is 232 Å². The van der Waals surface area contributed by atoms with Gasteiger partial charge in [-0.15, -0.1) is 0 Å². The Bertz CT molecular complexity index is 1200. The summed E-state index contributed by atoms with van der Waals surface area (Å²) in [6.45, 7) is 0.553. The van der Waals surface area contributed by atoms with Crippen LogP contribution in [0.4, 0.5) is 4.79 Å². The number of hydrogen-bond donors (Lipinski definition) is 8. The van der Waals surface area contributed by atoms with Crippen molar-refractivity contribution in [3.63, 3.8) is 0 Å². The number of rotatable bonds is 20. The average molecular weight is 612 g/mol. The molecule has 0 fully saturated rings. The highest BCUT2D eigenvalue weighted by Crippen LogP contribution is 2.09. The Labute approximate surface area is 257 Å². The van der Waals surface area contributed by atoms with E-state index in [1.807, 2.05) is 36.4 Å². The maximum absolute atomic E-state index is 13.6. The van der Waals surface area contributed by atoms with Crippen LogP contribution in [0.3, 0.4) is 0 Å². The van der Waals surface area contributed by atoms with E-state index in [0.717, 1.165) is 11.1 Å². The fraction of sp³-hybridized carbons (Fsp3) is 0.452. The summed E-state index contributed by atoms with van der Waals surface area (Å²) in [5.41, 5.74) is 18.5. The summed E-state index contributed by atoms with van der Waals surface area (Å²) in [5, 5.41) is 20.0. The number of carbonyl (C=O) groups is 5. The Kier molecular flexibility index (Phi) is 15.9. The second-order valence-corrected chi connectivity index (χ2v) is 10.6. The van der Waals surface area contributed by atoms with Crippen LogP contribution in [-0.4, -0.2) is 72.1 Å². The highest BCUT2D eigenvalue weighted by molar-refractivity contribution is 5.94. The molecular weight excluding hydrogens is 566 g/mol. The number of unbranched alkanes of at least 4 members (excludes halogenated alkanes) is 1. The molecule has 0 saturated carbocycles. The fourth-order valence-corrected chi connectivity index (χ4v) is 4.52. The predicted molar refractivity (Wildman–Crippen MR) is 166 cm³/mol. The van der Waals surface area contributed by atoms with Crippen molar-refractivity contribution < 1.29 is 29.1 Å². The van der Waals surface area contributed by atoms with E-state index >= 15 is 0 Å². The molecule has 0 heterocycles. The minimum Gasteiger partial charge on any atom is -0.480 e. The van der Waals surface area contributed by atoms with E-state index in [-0.39, 0.29) is 25.8 Å². The van der Waals surface area contributed by atoms with Gasteiger partial charge in [0.15, 0.2) is 0 Å². The van der Waals surface area contributed by atoms with E-state index < -0.39 is 53.9 Å². The van der Waals surface area contributed by atoms with Gasteiger partial charge in [0.2, 0.25) is 17.7 Å². The van der Waals surface area contributed by atoms with Crippen LogP contribution in [-0.2, 0) is 32.0 Å². The molecule has 0 aliphatic rings. The lowest BCUT2D eigenvalue weighted by Crippen LogP contribution is -2.57. The number of benzene rings is 2. The number of aryl methyl sites for hydroxylation is 1. The largest absolute Gasteiger partial charge is 0.480 e. The van der Waals surface area contributed by atoms with Gasteiger partial charge in [0.25, 0.3) is 0 Å². The Balaban J connectivity index is 2.18. The third kappa shape index (κ3) is 13.7. The molecule has 11 N–H and O–H groups in total. The number of hydrogen-bond acceptors (Lipinski definition) is 7. The lowest BCUT2D eigenvalue weighted by atomic mass is 10.0. The second kappa shape index (κ2) is 19.7. The van der Waals surface area contributed by atoms with Gasteiger partial charge in [-0.2, -0.15) is 0 Å². The molecule has 2 rings (SSSR count). The van der Waals surface area contributed by atoms with Gasteiger partial charge in [-0.05, 0) is 62.6 Å². The highest BCUT2D eigenvalue weighted by Gasteiger charge is 2.30. The first-order chi connectivity index (χ1) is 21.1. The number of amides is 5. The molecule has 0 bridgehead atoms. The van der Waals surface area contributed by atoms with Crippen molar-refractivity contribution in [2.45, 2.75) is 75.5 Å². The smallest absolute Gasteiger partial charge is 0.326 e. The Hall–Kier alpha value is -4.49. The van der Waals surface area contributed by atoms with Gasteiger partial charge in [-0.25, -0.2) is 9.59 Å². The second-order valence-electron chi connectivity index (χ2n) is 10.6. The van der Waals surface area contributed by atoms with Crippen molar-refractivity contribution in [2.75, 3.05) is 13.1 Å². The zero-order chi connectivity index (χ0) is 32.3. The molecule has 0 aliphatic carbocycles. The lowest BCUT2D eigenvalue weighted by molar-refractivity contribution is -0.142. The normalized spacial score (nSPS) is 13.5. The molecule has 0 radical (unpaired) electrons. The zero-order valence-corrected chi connectivity index (χ0v) is 24.9. The zero-order valence-electron chi connectivity index (χ0n) is 24.9. The summed E-state index contributed by atoms with van der Waals surface area (Å²) in [6.07, 6.45) is 2.66. The SMILES string of the molecule is NCCCC[C@H](NC(=O)[C@H](Cc1ccccc1)NC(=O)[C@H](CCCNC(N)=O)NC(=O)[C@@H](N)CCc1ccccc1)C(=O)O. The summed E-state index contributed by atoms with van der Waals surface area (Å²) in [7, 11) is 0. The molecule has 5 amide bonds. The third-order valence-electron chi connectivity index (χ3n) is 7.00. The van der Waals surface area contributed by atoms with Crippen LogP contribution < -0.4 is 38.5 Å². The molecule has 0 spiro atoms. The van der Waals surface area contributed by atoms with Crippen molar-refractivity contribution >= 4 is 29.7 Å². The molecule has 2 aromatic carbocycles. The molecule has 4 atom stereocenters. The van der Waals surface area contributed by atoms with Crippen molar-refractivity contribution in [2.24, 2.45) is 17.2 Å². The van der Waals surface area contributed by atoms with Gasteiger partial charge in [0.05, 0.1) is 6.04 Å². The number of nitrogens with one attached hydrogen (secondary N) is 4. The summed E-state index contributed by atoms with van der Waals surface area (Å²) < 4.78 is 0. The molecule has 13 heteroatoms. The molecular formula is C31H45N7O6. The number of carbonyl (C=O) groups excluding carboxylic acids is 4. The van der Waals surface area contributed by atoms with Gasteiger partial charge in [-0.1, -0.05) is 60.7 Å². The number of carboxylic acid groups (broad SMARTS) is 1. The highest BCUT2D eigenvalue weighted by atomic mass is 16.4. The molecule has 0 aromatic heterocycles. The van der Waals surface area contributed by atoms with E-state index in [4.69, 9.17) is 17.2 Å². The Morgan fingerprint density at radius 1 is 0.682 bits per heavy atom. The van der Waals surface area contributed by atoms with Crippen molar-refractivity contribution in [3.05, 3.63) is 71.8 Å². The monoisotopic (exact) mass is 611 g/mol. The van der Waals surface area contributed by atoms with Crippen molar-refractivity contribution in [1.82, 2.24) is 21.3 Å². The van der Waals surface area contributed by atoms with Gasteiger partial charge in [-0.3, -0.25) is 14.4 Å². The van der Waals surface area contributed by atoms with E-state index in [1.54, 1.807) is 24.3 Å². The standard InChI is InChI=1S/C31H45N7O6/c32-18-8-7-14-25(30(42)43)37-29(41)26(20-22-12-5-2-6-13-22)38-28(40)24(15-9-19-35-31(34)44)36-27(39)23(33)17-16-21-10-3-1-4-11-21/h1-6,10-13,23-26H,7-9,14-20,32-33H2,(H,36,39)(H,37,41)(H,38,40)(H,42,43)(H3,34,35,44)/t23-,24-,25-,26-/m0/s1. The van der Waals surface area contributed by atoms with Crippen LogP contribution in [0.1, 0.15) is 49.7 Å². The van der Waals surface area contributed by atoms with Gasteiger partial charge < -0.3 is 43.6 Å². The Morgan fingerprint density at radius 2 is 1.23 bits per heavy atom. The van der Waals surface area contributed by atoms with Gasteiger partial charge in [0.1, 0.15) is 18.1 Å². The first kappa shape index (κ1) is 35.7. The molecule has 44 heavy (non-hydrogen) atoms. The third-order valence-corrected chi connectivity index (χ3v) is 7.00. The van der Waals surface area contributed by atoms with Crippen LogP contribution in [0.2, 0.25) is 0 Å². The number of nitrogens with two attached hydrogens (primary N) is 3. The molecule has 0 unspecified atom stereocenters. The molecule has 240 valence electrons. The van der Waals surface area contributed by atoms with E-state index in [0.29, 0.717) is 38.6 Å². The fourth-order valence-electron chi connectivity index (χ4n) is 4.52. The van der Waals surface area contributed by atoms with E-state index in [9.17, 15) is 29.1 Å². The van der Waals surface area contributed by atoms with Crippen molar-refractivity contribution in [3.8, 4) is 0 Å². The van der Waals surface area contributed by atoms with Crippen LogP contribution in [0.15, 0.2) is 60.7 Å². The minimum absolute atomic E-state index is 0.0774. The van der Waals surface area contributed by atoms with Crippen LogP contribution in [0.5, 0.6) is 0 Å². The summed E-state index contributed by atoms with van der Waals surface area (Å²) in [4.78, 5) is 62.9. The Morgan fingerprint density at radius 3 is 1.82 bits per heavy atom. The predicted octanol–water partition coefficient (Wildman–Crippen LogP) is 0.306. The lowest BCUT2D eigenvalue weighted by Gasteiger charge is -2.25. The van der Waals surface area contributed by atoms with Gasteiger partial charge in [0, 0.05) is 13.0 Å².